The lowest BCUT2D eigenvalue weighted by molar-refractivity contribution is -0.144. The third-order valence-corrected chi connectivity index (χ3v) is 2.26. The average Bonchev–Trinajstić information content (AvgIpc) is 2.48. The molecule has 0 radical (unpaired) electrons. The normalized spacial score (nSPS) is 13.5. The first kappa shape index (κ1) is 11.5. The van der Waals surface area contributed by atoms with Crippen LogP contribution in [0.25, 0.3) is 0 Å². The van der Waals surface area contributed by atoms with Gasteiger partial charge >= 0.3 is 5.97 Å². The van der Waals surface area contributed by atoms with Gasteiger partial charge in [-0.25, -0.2) is 4.79 Å². The Morgan fingerprint density at radius 2 is 2.13 bits per heavy atom. The molecule has 1 N–H and O–H groups in total. The summed E-state index contributed by atoms with van der Waals surface area (Å²) in [6.45, 7) is 5.50. The molecule has 1 aromatic rings. The Bertz CT molecular complexity index is 373. The summed E-state index contributed by atoms with van der Waals surface area (Å²) in [5, 5.41) is 9.16. The highest BCUT2D eigenvalue weighted by atomic mass is 16.4. The van der Waals surface area contributed by atoms with E-state index in [1.807, 2.05) is 20.8 Å². The Morgan fingerprint density at radius 3 is 2.53 bits per heavy atom. The molecule has 0 amide bonds. The summed E-state index contributed by atoms with van der Waals surface area (Å²) in [6, 6.07) is 2.55. The molecule has 1 aromatic heterocycles. The van der Waals surface area contributed by atoms with Crippen LogP contribution in [0.3, 0.4) is 0 Å². The van der Waals surface area contributed by atoms with Crippen molar-refractivity contribution in [2.45, 2.75) is 26.8 Å². The van der Waals surface area contributed by atoms with Gasteiger partial charge in [-0.3, -0.25) is 4.79 Å². The van der Waals surface area contributed by atoms with Gasteiger partial charge < -0.3 is 9.67 Å². The molecule has 1 rings (SSSR count). The SMILES string of the molecule is CC(C)(C)[C@H](C(=O)O)n1cccc1C=O. The maximum atomic E-state index is 11.2. The zero-order valence-corrected chi connectivity index (χ0v) is 9.10. The van der Waals surface area contributed by atoms with Crippen molar-refractivity contribution >= 4 is 12.3 Å². The second kappa shape index (κ2) is 3.88. The summed E-state index contributed by atoms with van der Waals surface area (Å²) in [5.74, 6) is -0.929. The van der Waals surface area contributed by atoms with E-state index in [-0.39, 0.29) is 0 Å². The number of carboxylic acid groups (broad SMARTS) is 1. The first-order valence-corrected chi connectivity index (χ1v) is 4.72. The summed E-state index contributed by atoms with van der Waals surface area (Å²) >= 11 is 0. The van der Waals surface area contributed by atoms with Crippen molar-refractivity contribution in [3.05, 3.63) is 24.0 Å². The van der Waals surface area contributed by atoms with Crippen LogP contribution in [0.2, 0.25) is 0 Å². The Hall–Kier alpha value is -1.58. The number of rotatable bonds is 3. The summed E-state index contributed by atoms with van der Waals surface area (Å²) in [6.07, 6.45) is 2.29. The van der Waals surface area contributed by atoms with Gasteiger partial charge in [0.2, 0.25) is 0 Å². The van der Waals surface area contributed by atoms with E-state index in [0.717, 1.165) is 0 Å². The lowest BCUT2D eigenvalue weighted by Gasteiger charge is -2.29. The third kappa shape index (κ3) is 2.26. The zero-order chi connectivity index (χ0) is 11.6. The van der Waals surface area contributed by atoms with Crippen molar-refractivity contribution in [3.8, 4) is 0 Å². The molecule has 0 saturated carbocycles. The molecule has 82 valence electrons. The van der Waals surface area contributed by atoms with E-state index in [0.29, 0.717) is 12.0 Å². The number of aldehydes is 1. The molecule has 1 heterocycles. The maximum absolute atomic E-state index is 11.2. The number of carbonyl (C=O) groups is 2. The smallest absolute Gasteiger partial charge is 0.327 e. The second-order valence-corrected chi connectivity index (χ2v) is 4.56. The van der Waals surface area contributed by atoms with Crippen LogP contribution < -0.4 is 0 Å². The zero-order valence-electron chi connectivity index (χ0n) is 9.10. The first-order chi connectivity index (χ1) is 6.88. The van der Waals surface area contributed by atoms with Gasteiger partial charge in [0.1, 0.15) is 6.04 Å². The van der Waals surface area contributed by atoms with Gasteiger partial charge in [-0.2, -0.15) is 0 Å². The predicted molar refractivity (Wildman–Crippen MR) is 55.9 cm³/mol. The Kier molecular flexibility index (Phi) is 2.98. The molecule has 0 saturated heterocycles. The Morgan fingerprint density at radius 1 is 1.53 bits per heavy atom. The van der Waals surface area contributed by atoms with Crippen LogP contribution in [0.5, 0.6) is 0 Å². The van der Waals surface area contributed by atoms with Gasteiger partial charge in [0.05, 0.1) is 5.69 Å². The number of aliphatic carboxylic acids is 1. The fourth-order valence-corrected chi connectivity index (χ4v) is 1.65. The van der Waals surface area contributed by atoms with E-state index in [1.165, 1.54) is 4.57 Å². The number of carboxylic acids is 1. The van der Waals surface area contributed by atoms with Crippen molar-refractivity contribution in [2.24, 2.45) is 5.41 Å². The molecule has 0 aliphatic heterocycles. The monoisotopic (exact) mass is 209 g/mol. The van der Waals surface area contributed by atoms with Gasteiger partial charge in [0, 0.05) is 6.20 Å². The standard InChI is InChI=1S/C11H15NO3/c1-11(2,3)9(10(14)15)12-6-4-5-8(12)7-13/h4-7,9H,1-3H3,(H,14,15)/t9-/m0/s1. The van der Waals surface area contributed by atoms with E-state index >= 15 is 0 Å². The van der Waals surface area contributed by atoms with E-state index in [4.69, 9.17) is 5.11 Å². The lowest BCUT2D eigenvalue weighted by atomic mass is 9.86. The summed E-state index contributed by atoms with van der Waals surface area (Å²) in [4.78, 5) is 21.9. The van der Waals surface area contributed by atoms with Gasteiger partial charge in [-0.1, -0.05) is 20.8 Å². The molecule has 0 bridgehead atoms. The fourth-order valence-electron chi connectivity index (χ4n) is 1.65. The van der Waals surface area contributed by atoms with E-state index < -0.39 is 17.4 Å². The molecule has 0 aliphatic rings. The minimum atomic E-state index is -0.929. The van der Waals surface area contributed by atoms with E-state index in [9.17, 15) is 9.59 Å². The van der Waals surface area contributed by atoms with Crippen molar-refractivity contribution in [3.63, 3.8) is 0 Å². The molecule has 4 heteroatoms. The van der Waals surface area contributed by atoms with Crippen molar-refractivity contribution in [1.82, 2.24) is 4.57 Å². The highest BCUT2D eigenvalue weighted by Gasteiger charge is 2.33. The van der Waals surface area contributed by atoms with Crippen LogP contribution in [0.15, 0.2) is 18.3 Å². The number of nitrogens with zero attached hydrogens (tertiary/aromatic N) is 1. The highest BCUT2D eigenvalue weighted by molar-refractivity contribution is 5.77. The lowest BCUT2D eigenvalue weighted by Crippen LogP contribution is -2.32. The maximum Gasteiger partial charge on any atom is 0.327 e. The van der Waals surface area contributed by atoms with Crippen LogP contribution >= 0.6 is 0 Å². The van der Waals surface area contributed by atoms with Gasteiger partial charge in [0.25, 0.3) is 0 Å². The van der Waals surface area contributed by atoms with Gasteiger partial charge in [-0.15, -0.1) is 0 Å². The van der Waals surface area contributed by atoms with Crippen molar-refractivity contribution in [2.75, 3.05) is 0 Å². The van der Waals surface area contributed by atoms with Gasteiger partial charge in [-0.05, 0) is 17.5 Å². The predicted octanol–water partition coefficient (Wildman–Crippen LogP) is 1.97. The molecule has 0 spiro atoms. The molecule has 4 nitrogen and oxygen atoms in total. The Balaban J connectivity index is 3.22. The molecule has 0 aliphatic carbocycles. The highest BCUT2D eigenvalue weighted by Crippen LogP contribution is 2.31. The number of carbonyl (C=O) groups excluding carboxylic acids is 1. The van der Waals surface area contributed by atoms with Crippen molar-refractivity contribution < 1.29 is 14.7 Å². The minimum absolute atomic E-state index is 0.386. The topological polar surface area (TPSA) is 59.3 Å². The molecule has 15 heavy (non-hydrogen) atoms. The molecule has 1 atom stereocenters. The molecule has 0 fully saturated rings. The average molecular weight is 209 g/mol. The second-order valence-electron chi connectivity index (χ2n) is 4.56. The summed E-state index contributed by atoms with van der Waals surface area (Å²) < 4.78 is 1.50. The third-order valence-electron chi connectivity index (χ3n) is 2.26. The van der Waals surface area contributed by atoms with Crippen molar-refractivity contribution in [1.29, 1.82) is 0 Å². The molecular formula is C11H15NO3. The summed E-state index contributed by atoms with van der Waals surface area (Å²) in [7, 11) is 0. The Labute approximate surface area is 88.5 Å². The molecule has 0 aromatic carbocycles. The van der Waals surface area contributed by atoms with Crippen LogP contribution in [-0.4, -0.2) is 21.9 Å². The van der Waals surface area contributed by atoms with Crippen LogP contribution in [0, 0.1) is 5.41 Å². The van der Waals surface area contributed by atoms with E-state index in [2.05, 4.69) is 0 Å². The van der Waals surface area contributed by atoms with Crippen LogP contribution in [-0.2, 0) is 4.79 Å². The quantitative estimate of drug-likeness (QED) is 0.774. The van der Waals surface area contributed by atoms with Crippen LogP contribution in [0.4, 0.5) is 0 Å². The number of aromatic nitrogens is 1. The van der Waals surface area contributed by atoms with E-state index in [1.54, 1.807) is 18.3 Å². The first-order valence-electron chi connectivity index (χ1n) is 4.72. The molecule has 0 unspecified atom stereocenters. The fraction of sp³-hybridized carbons (Fsp3) is 0.455. The largest absolute Gasteiger partial charge is 0.480 e. The number of hydrogen-bond donors (Lipinski definition) is 1. The summed E-state index contributed by atoms with van der Waals surface area (Å²) in [5.41, 5.74) is -0.0554. The van der Waals surface area contributed by atoms with Crippen LogP contribution in [0.1, 0.15) is 37.3 Å². The minimum Gasteiger partial charge on any atom is -0.480 e. The van der Waals surface area contributed by atoms with Gasteiger partial charge in [0.15, 0.2) is 6.29 Å². The number of hydrogen-bond acceptors (Lipinski definition) is 2. The molecular weight excluding hydrogens is 194 g/mol.